The van der Waals surface area contributed by atoms with Gasteiger partial charge < -0.3 is 58.5 Å². The maximum atomic E-state index is 14.2. The summed E-state index contributed by atoms with van der Waals surface area (Å²) in [5, 5.41) is 45.9. The average Bonchev–Trinajstić information content (AvgIpc) is 3.06. The summed E-state index contributed by atoms with van der Waals surface area (Å²) < 4.78 is 44.7. The van der Waals surface area contributed by atoms with Crippen molar-refractivity contribution >= 4 is 11.9 Å². The fourth-order valence-corrected chi connectivity index (χ4v) is 8.63. The molecule has 51 heavy (non-hydrogen) atoms. The van der Waals surface area contributed by atoms with Crippen molar-refractivity contribution in [3.05, 3.63) is 0 Å². The molecule has 4 aliphatic rings. The summed E-state index contributed by atoms with van der Waals surface area (Å²) in [7, 11) is 5.33. The number of hydrogen-bond donors (Lipinski definition) is 4. The fourth-order valence-electron chi connectivity index (χ4n) is 8.63. The van der Waals surface area contributed by atoms with Gasteiger partial charge in [-0.15, -0.1) is 0 Å². The number of esters is 1. The average molecular weight is 731 g/mol. The maximum absolute atomic E-state index is 14.2. The van der Waals surface area contributed by atoms with Gasteiger partial charge in [0, 0.05) is 31.9 Å². The van der Waals surface area contributed by atoms with Gasteiger partial charge in [-0.2, -0.15) is 0 Å². The van der Waals surface area contributed by atoms with Crippen molar-refractivity contribution in [2.75, 3.05) is 21.2 Å². The van der Waals surface area contributed by atoms with Crippen molar-refractivity contribution in [1.82, 2.24) is 4.90 Å². The number of likely N-dealkylation sites (N-methyl/N-ethyl adjacent to an activating group) is 1. The third-order valence-corrected chi connectivity index (χ3v) is 11.9. The van der Waals surface area contributed by atoms with Crippen LogP contribution in [-0.2, 0) is 38.0 Å². The summed E-state index contributed by atoms with van der Waals surface area (Å²) in [6.45, 7) is 17.8. The minimum atomic E-state index is -1.87. The van der Waals surface area contributed by atoms with Gasteiger partial charge in [0.1, 0.15) is 35.6 Å². The van der Waals surface area contributed by atoms with E-state index >= 15 is 0 Å². The lowest BCUT2D eigenvalue weighted by atomic mass is 9.78. The molecule has 296 valence electrons. The quantitative estimate of drug-likeness (QED) is 0.281. The normalized spacial score (nSPS) is 50.3. The van der Waals surface area contributed by atoms with Crippen molar-refractivity contribution in [3.8, 4) is 0 Å². The van der Waals surface area contributed by atoms with Gasteiger partial charge >= 0.3 is 5.97 Å². The number of aliphatic hydroxyl groups excluding tert-OH is 3. The molecular weight excluding hydrogens is 664 g/mol. The number of nitrogens with zero attached hydrogens (tertiary/aromatic N) is 2. The van der Waals surface area contributed by atoms with Gasteiger partial charge in [0.05, 0.1) is 47.9 Å². The highest BCUT2D eigenvalue weighted by Crippen LogP contribution is 2.43. The summed E-state index contributed by atoms with van der Waals surface area (Å²) in [5.74, 6) is -2.80. The number of carbonyl (C=O) groups excluding carboxylic acids is 1. The SMILES string of the molecule is CC[C@H]1OC(=O)[C@H](C)[C@@H](O[C@H]2C[C@@](C)(OC)[C@@H](O)[C@H](C)O2)[C@H](C)[C@@H](O[C@@H]2O[C@H](C)C[C@H](N(C)C)[C@H]2O)[C@@]2(C)C[C@@H](C)N=C(O2)[C@H](C)[C@@H](O)[C@]1(C)O. The second-order valence-corrected chi connectivity index (χ2v) is 16.5. The van der Waals surface area contributed by atoms with Crippen LogP contribution in [0.2, 0.25) is 0 Å². The Morgan fingerprint density at radius 2 is 1.59 bits per heavy atom. The third-order valence-electron chi connectivity index (χ3n) is 11.9. The van der Waals surface area contributed by atoms with Gasteiger partial charge in [-0.3, -0.25) is 9.79 Å². The Labute approximate surface area is 304 Å². The van der Waals surface area contributed by atoms with Crippen LogP contribution in [0.25, 0.3) is 0 Å². The molecule has 0 unspecified atom stereocenters. The van der Waals surface area contributed by atoms with Gasteiger partial charge in [-0.05, 0) is 75.4 Å². The smallest absolute Gasteiger partial charge is 0.311 e. The number of aliphatic imine (C=N–C) groups is 1. The zero-order chi connectivity index (χ0) is 38.4. The van der Waals surface area contributed by atoms with E-state index in [9.17, 15) is 25.2 Å². The predicted molar refractivity (Wildman–Crippen MR) is 188 cm³/mol. The van der Waals surface area contributed by atoms with E-state index in [4.69, 9.17) is 38.2 Å². The molecule has 0 aromatic rings. The van der Waals surface area contributed by atoms with E-state index in [2.05, 4.69) is 0 Å². The van der Waals surface area contributed by atoms with E-state index in [0.29, 0.717) is 12.8 Å². The molecule has 4 heterocycles. The number of ether oxygens (including phenoxy) is 7. The van der Waals surface area contributed by atoms with Gasteiger partial charge in [0.15, 0.2) is 18.5 Å². The number of fused-ring (bicyclic) bond motifs is 2. The number of hydrogen-bond acceptors (Lipinski definition) is 14. The van der Waals surface area contributed by atoms with Crippen molar-refractivity contribution in [3.63, 3.8) is 0 Å². The number of cyclic esters (lactones) is 1. The van der Waals surface area contributed by atoms with Crippen LogP contribution in [0.15, 0.2) is 4.99 Å². The molecule has 3 saturated heterocycles. The Hall–Kier alpha value is -1.46. The lowest BCUT2D eigenvalue weighted by molar-refractivity contribution is -0.317. The van der Waals surface area contributed by atoms with E-state index in [-0.39, 0.29) is 36.9 Å². The van der Waals surface area contributed by atoms with Crippen LogP contribution in [-0.4, -0.2) is 149 Å². The second-order valence-electron chi connectivity index (χ2n) is 16.5. The monoisotopic (exact) mass is 730 g/mol. The Bertz CT molecular complexity index is 1220. The summed E-state index contributed by atoms with van der Waals surface area (Å²) >= 11 is 0. The van der Waals surface area contributed by atoms with E-state index in [0.717, 1.165) is 0 Å². The number of carbonyl (C=O) groups is 1. The number of methoxy groups -OCH3 is 1. The van der Waals surface area contributed by atoms with Crippen LogP contribution in [0.3, 0.4) is 0 Å². The molecule has 0 aromatic carbocycles. The Morgan fingerprint density at radius 1 is 0.941 bits per heavy atom. The van der Waals surface area contributed by atoms with E-state index in [1.54, 1.807) is 34.6 Å². The first-order valence-electron chi connectivity index (χ1n) is 18.7. The highest BCUT2D eigenvalue weighted by atomic mass is 16.7. The summed E-state index contributed by atoms with van der Waals surface area (Å²) in [6, 6.07) is -0.532. The molecule has 4 aliphatic heterocycles. The molecule has 4 rings (SSSR count). The topological polar surface area (TPSA) is 178 Å². The standard InChI is InChI=1S/C37H66N2O12/c1-14-25-37(10,44)29(41)22(6)32-38-18(2)16-36(9,51-32)31(50-34-27(40)24(39(11)12)15-19(3)46-34)20(4)28(21(5)33(43)48-25)49-26-17-35(8,45-13)30(42)23(7)47-26/h18-31,34,40-42,44H,14-17H2,1-13H3/t18-,19-,20+,21-,22-,23+,24+,25-,26+,27-,28+,29-,30+,31-,34+,35-,36-,37-/m1/s1. The minimum Gasteiger partial charge on any atom is -0.472 e. The summed E-state index contributed by atoms with van der Waals surface area (Å²) in [4.78, 5) is 20.9. The van der Waals surface area contributed by atoms with Crippen molar-refractivity contribution in [2.24, 2.45) is 22.7 Å². The first-order chi connectivity index (χ1) is 23.6. The molecule has 14 heteroatoms. The van der Waals surface area contributed by atoms with Crippen LogP contribution in [0.4, 0.5) is 0 Å². The first kappa shape index (κ1) is 42.3. The Kier molecular flexibility index (Phi) is 13.4. The predicted octanol–water partition coefficient (Wildman–Crippen LogP) is 2.41. The van der Waals surface area contributed by atoms with E-state index in [1.165, 1.54) is 14.0 Å². The van der Waals surface area contributed by atoms with Gasteiger partial charge in [0.25, 0.3) is 0 Å². The maximum Gasteiger partial charge on any atom is 0.311 e. The summed E-state index contributed by atoms with van der Waals surface area (Å²) in [5.41, 5.74) is -4.01. The first-order valence-corrected chi connectivity index (χ1v) is 18.7. The minimum absolute atomic E-state index is 0.162. The van der Waals surface area contributed by atoms with Gasteiger partial charge in [-0.1, -0.05) is 20.8 Å². The highest BCUT2D eigenvalue weighted by molar-refractivity contribution is 5.80. The molecule has 18 atom stereocenters. The lowest BCUT2D eigenvalue weighted by Crippen LogP contribution is -2.62. The Morgan fingerprint density at radius 3 is 2.18 bits per heavy atom. The number of aliphatic hydroxyl groups is 4. The molecule has 0 spiro atoms. The second kappa shape index (κ2) is 16.1. The molecule has 0 aromatic heterocycles. The van der Waals surface area contributed by atoms with Crippen LogP contribution in [0.1, 0.15) is 94.9 Å². The molecule has 4 N–H and O–H groups in total. The Balaban J connectivity index is 1.87. The van der Waals surface area contributed by atoms with Crippen molar-refractivity contribution in [2.45, 2.75) is 185 Å². The van der Waals surface area contributed by atoms with Crippen LogP contribution < -0.4 is 0 Å². The van der Waals surface area contributed by atoms with E-state index < -0.39 is 95.8 Å². The number of rotatable bonds is 7. The molecule has 0 radical (unpaired) electrons. The lowest BCUT2D eigenvalue weighted by Gasteiger charge is -2.50. The van der Waals surface area contributed by atoms with E-state index in [1.807, 2.05) is 46.7 Å². The van der Waals surface area contributed by atoms with Gasteiger partial charge in [0.2, 0.25) is 0 Å². The highest BCUT2D eigenvalue weighted by Gasteiger charge is 2.55. The van der Waals surface area contributed by atoms with Crippen LogP contribution in [0.5, 0.6) is 0 Å². The molecule has 0 aliphatic carbocycles. The van der Waals surface area contributed by atoms with Crippen LogP contribution in [0, 0.1) is 17.8 Å². The molecule has 14 nitrogen and oxygen atoms in total. The molecule has 0 saturated carbocycles. The molecule has 3 fully saturated rings. The zero-order valence-electron chi connectivity index (χ0n) is 32.9. The van der Waals surface area contributed by atoms with Crippen molar-refractivity contribution in [1.29, 1.82) is 0 Å². The third kappa shape index (κ3) is 8.60. The molecular formula is C37H66N2O12. The summed E-state index contributed by atoms with van der Waals surface area (Å²) in [6.07, 6.45) is -7.72. The van der Waals surface area contributed by atoms with Crippen LogP contribution >= 0.6 is 0 Å². The zero-order valence-corrected chi connectivity index (χ0v) is 32.9. The molecule has 2 bridgehead atoms. The van der Waals surface area contributed by atoms with Gasteiger partial charge in [-0.25, -0.2) is 0 Å². The fraction of sp³-hybridized carbons (Fsp3) is 0.946. The van der Waals surface area contributed by atoms with Crippen molar-refractivity contribution < 1.29 is 58.4 Å². The molecule has 0 amide bonds. The largest absolute Gasteiger partial charge is 0.472 e.